The number of alkyl halides is 1. The molecule has 0 radical (unpaired) electrons. The van der Waals surface area contributed by atoms with E-state index in [4.69, 9.17) is 0 Å². The Hall–Kier alpha value is 0.0300. The molecular weight excluding hydrogens is 363 g/mol. The Morgan fingerprint density at radius 2 is 1.78 bits per heavy atom. The summed E-state index contributed by atoms with van der Waals surface area (Å²) in [6, 6.07) is 5.27. The predicted molar refractivity (Wildman–Crippen MR) is 79.6 cm³/mol. The highest BCUT2D eigenvalue weighted by Gasteiger charge is 2.16. The van der Waals surface area contributed by atoms with Crippen molar-refractivity contribution >= 4 is 31.9 Å². The minimum atomic E-state index is -0.194. The van der Waals surface area contributed by atoms with Crippen LogP contribution in [0.15, 0.2) is 22.7 Å². The van der Waals surface area contributed by atoms with E-state index in [1.165, 1.54) is 6.07 Å². The fourth-order valence-corrected chi connectivity index (χ4v) is 3.11. The third kappa shape index (κ3) is 4.02. The summed E-state index contributed by atoms with van der Waals surface area (Å²) in [5.74, 6) is -0.194. The number of rotatable bonds is 4. The maximum Gasteiger partial charge on any atom is 0.137 e. The molecule has 0 unspecified atom stereocenters. The summed E-state index contributed by atoms with van der Waals surface area (Å²) in [5.41, 5.74) is 1.16. The first-order chi connectivity index (χ1) is 8.69. The summed E-state index contributed by atoms with van der Waals surface area (Å²) in [7, 11) is 0. The molecule has 0 bridgehead atoms. The summed E-state index contributed by atoms with van der Waals surface area (Å²) in [5, 5.41) is 1.04. The van der Waals surface area contributed by atoms with Crippen LogP contribution in [0.2, 0.25) is 0 Å². The average Bonchev–Trinajstić information content (AvgIpc) is 2.37. The zero-order valence-corrected chi connectivity index (χ0v) is 13.4. The third-order valence-corrected chi connectivity index (χ3v) is 4.22. The molecule has 1 aromatic rings. The van der Waals surface area contributed by atoms with E-state index in [0.717, 1.165) is 50.2 Å². The maximum atomic E-state index is 13.1. The molecule has 18 heavy (non-hydrogen) atoms. The van der Waals surface area contributed by atoms with Gasteiger partial charge in [0.05, 0.1) is 4.47 Å². The molecule has 0 spiro atoms. The van der Waals surface area contributed by atoms with Gasteiger partial charge in [-0.1, -0.05) is 22.0 Å². The molecule has 5 heteroatoms. The third-order valence-electron chi connectivity index (χ3n) is 3.26. The highest BCUT2D eigenvalue weighted by molar-refractivity contribution is 9.10. The molecule has 0 aliphatic carbocycles. The number of nitrogens with zero attached hydrogens (tertiary/aromatic N) is 2. The van der Waals surface area contributed by atoms with Gasteiger partial charge in [-0.2, -0.15) is 0 Å². The van der Waals surface area contributed by atoms with Crippen LogP contribution in [0.5, 0.6) is 0 Å². The molecule has 0 atom stereocenters. The minimum Gasteiger partial charge on any atom is -0.300 e. The highest BCUT2D eigenvalue weighted by atomic mass is 79.9. The summed E-state index contributed by atoms with van der Waals surface area (Å²) in [6.07, 6.45) is 0. The van der Waals surface area contributed by atoms with E-state index >= 15 is 0 Å². The molecule has 2 rings (SSSR count). The van der Waals surface area contributed by atoms with Crippen molar-refractivity contribution in [1.29, 1.82) is 0 Å². The summed E-state index contributed by atoms with van der Waals surface area (Å²) in [6.45, 7) is 6.43. The van der Waals surface area contributed by atoms with Crippen molar-refractivity contribution < 1.29 is 4.39 Å². The SMILES string of the molecule is Fc1ccc(CN2CCN(CCBr)CC2)cc1Br. The summed E-state index contributed by atoms with van der Waals surface area (Å²) >= 11 is 6.71. The monoisotopic (exact) mass is 378 g/mol. The molecule has 1 fully saturated rings. The second-order valence-corrected chi connectivity index (χ2v) is 6.20. The van der Waals surface area contributed by atoms with Crippen molar-refractivity contribution in [1.82, 2.24) is 9.80 Å². The lowest BCUT2D eigenvalue weighted by Gasteiger charge is -2.34. The Kier molecular flexibility index (Phi) is 5.60. The first-order valence-electron chi connectivity index (χ1n) is 6.13. The van der Waals surface area contributed by atoms with Gasteiger partial charge in [-0.3, -0.25) is 9.80 Å². The van der Waals surface area contributed by atoms with E-state index in [9.17, 15) is 4.39 Å². The fourth-order valence-electron chi connectivity index (χ4n) is 2.19. The number of halogens is 3. The van der Waals surface area contributed by atoms with E-state index in [1.54, 1.807) is 0 Å². The molecule has 1 aliphatic rings. The first-order valence-corrected chi connectivity index (χ1v) is 8.05. The van der Waals surface area contributed by atoms with Gasteiger partial charge >= 0.3 is 0 Å². The Balaban J connectivity index is 1.85. The molecular formula is C13H17Br2FN2. The van der Waals surface area contributed by atoms with Gasteiger partial charge in [-0.05, 0) is 33.6 Å². The zero-order valence-electron chi connectivity index (χ0n) is 10.2. The quantitative estimate of drug-likeness (QED) is 0.741. The molecule has 2 nitrogen and oxygen atoms in total. The fraction of sp³-hybridized carbons (Fsp3) is 0.538. The van der Waals surface area contributed by atoms with E-state index < -0.39 is 0 Å². The number of hydrogen-bond donors (Lipinski definition) is 0. The van der Waals surface area contributed by atoms with E-state index in [1.807, 2.05) is 12.1 Å². The molecule has 0 amide bonds. The predicted octanol–water partition coefficient (Wildman–Crippen LogP) is 3.10. The van der Waals surface area contributed by atoms with Crippen molar-refractivity contribution in [2.45, 2.75) is 6.54 Å². The van der Waals surface area contributed by atoms with Gasteiger partial charge in [0.15, 0.2) is 0 Å². The lowest BCUT2D eigenvalue weighted by Crippen LogP contribution is -2.46. The topological polar surface area (TPSA) is 6.48 Å². The number of hydrogen-bond acceptors (Lipinski definition) is 2. The number of piperazine rings is 1. The second kappa shape index (κ2) is 6.98. The summed E-state index contributed by atoms with van der Waals surface area (Å²) < 4.78 is 13.7. The smallest absolute Gasteiger partial charge is 0.137 e. The Morgan fingerprint density at radius 3 is 2.39 bits per heavy atom. The highest BCUT2D eigenvalue weighted by Crippen LogP contribution is 2.18. The number of benzene rings is 1. The molecule has 1 aliphatic heterocycles. The van der Waals surface area contributed by atoms with Gasteiger partial charge in [0.2, 0.25) is 0 Å². The Bertz CT molecular complexity index is 393. The van der Waals surface area contributed by atoms with E-state index in [-0.39, 0.29) is 5.82 Å². The van der Waals surface area contributed by atoms with Gasteiger partial charge in [-0.15, -0.1) is 0 Å². The Morgan fingerprint density at radius 1 is 1.11 bits per heavy atom. The van der Waals surface area contributed by atoms with Crippen molar-refractivity contribution in [2.24, 2.45) is 0 Å². The van der Waals surface area contributed by atoms with E-state index in [2.05, 4.69) is 41.7 Å². The molecule has 0 saturated carbocycles. The molecule has 1 saturated heterocycles. The average molecular weight is 380 g/mol. The van der Waals surface area contributed by atoms with Crippen LogP contribution in [0.4, 0.5) is 4.39 Å². The van der Waals surface area contributed by atoms with Crippen molar-refractivity contribution in [2.75, 3.05) is 38.1 Å². The lowest BCUT2D eigenvalue weighted by atomic mass is 10.2. The van der Waals surface area contributed by atoms with Crippen LogP contribution < -0.4 is 0 Å². The lowest BCUT2D eigenvalue weighted by molar-refractivity contribution is 0.133. The maximum absolute atomic E-state index is 13.1. The van der Waals surface area contributed by atoms with Crippen molar-refractivity contribution in [3.8, 4) is 0 Å². The zero-order chi connectivity index (χ0) is 13.0. The minimum absolute atomic E-state index is 0.194. The van der Waals surface area contributed by atoms with Gasteiger partial charge in [-0.25, -0.2) is 4.39 Å². The normalized spacial score (nSPS) is 18.2. The van der Waals surface area contributed by atoms with E-state index in [0.29, 0.717) is 4.47 Å². The van der Waals surface area contributed by atoms with Crippen LogP contribution in [-0.2, 0) is 6.54 Å². The second-order valence-electron chi connectivity index (χ2n) is 4.56. The molecule has 1 heterocycles. The van der Waals surface area contributed by atoms with Crippen molar-refractivity contribution in [3.05, 3.63) is 34.1 Å². The van der Waals surface area contributed by atoms with Crippen LogP contribution in [0.25, 0.3) is 0 Å². The van der Waals surface area contributed by atoms with Crippen LogP contribution in [0.1, 0.15) is 5.56 Å². The van der Waals surface area contributed by atoms with Crippen LogP contribution >= 0.6 is 31.9 Å². The summed E-state index contributed by atoms with van der Waals surface area (Å²) in [4.78, 5) is 4.89. The molecule has 0 aromatic heterocycles. The van der Waals surface area contributed by atoms with Gasteiger partial charge in [0.1, 0.15) is 5.82 Å². The molecule has 100 valence electrons. The van der Waals surface area contributed by atoms with Crippen molar-refractivity contribution in [3.63, 3.8) is 0 Å². The van der Waals surface area contributed by atoms with Gasteiger partial charge < -0.3 is 0 Å². The first kappa shape index (κ1) is 14.4. The molecule has 0 N–H and O–H groups in total. The Labute approximate surface area is 124 Å². The molecule has 1 aromatic carbocycles. The largest absolute Gasteiger partial charge is 0.300 e. The van der Waals surface area contributed by atoms with Crippen LogP contribution in [0, 0.1) is 5.82 Å². The van der Waals surface area contributed by atoms with Gasteiger partial charge in [0, 0.05) is 44.6 Å². The standard InChI is InChI=1S/C13H17Br2FN2/c14-3-4-17-5-7-18(8-6-17)10-11-1-2-13(16)12(15)9-11/h1-2,9H,3-8,10H2. The van der Waals surface area contributed by atoms with Crippen LogP contribution in [0.3, 0.4) is 0 Å². The van der Waals surface area contributed by atoms with Gasteiger partial charge in [0.25, 0.3) is 0 Å². The van der Waals surface area contributed by atoms with Crippen LogP contribution in [-0.4, -0.2) is 47.9 Å².